The van der Waals surface area contributed by atoms with Crippen molar-refractivity contribution in [2.75, 3.05) is 40.8 Å². The number of hydrogen-bond acceptors (Lipinski definition) is 4. The number of hydrogen-bond donors (Lipinski definition) is 0. The Morgan fingerprint density at radius 3 is 2.52 bits per heavy atom. The first-order chi connectivity index (χ1) is 15.0. The van der Waals surface area contributed by atoms with Crippen LogP contribution in [0.25, 0.3) is 0 Å². The maximum Gasteiger partial charge on any atom is 0.320 e. The molecule has 3 atom stereocenters. The van der Waals surface area contributed by atoms with Gasteiger partial charge in [-0.05, 0) is 36.2 Å². The van der Waals surface area contributed by atoms with Gasteiger partial charge in [-0.15, -0.1) is 0 Å². The Morgan fingerprint density at radius 2 is 1.87 bits per heavy atom. The lowest BCUT2D eigenvalue weighted by Crippen LogP contribution is -2.42. The molecule has 2 saturated heterocycles. The lowest BCUT2D eigenvalue weighted by molar-refractivity contribution is -0.130. The van der Waals surface area contributed by atoms with Crippen LogP contribution in [-0.4, -0.2) is 72.5 Å². The van der Waals surface area contributed by atoms with Gasteiger partial charge in [-0.3, -0.25) is 9.78 Å². The number of rotatable bonds is 5. The van der Waals surface area contributed by atoms with E-state index >= 15 is 0 Å². The maximum absolute atomic E-state index is 12.9. The molecular weight excluding hydrogens is 392 g/mol. The highest BCUT2D eigenvalue weighted by Crippen LogP contribution is 2.45. The van der Waals surface area contributed by atoms with E-state index in [4.69, 9.17) is 4.74 Å². The molecule has 3 amide bonds. The van der Waals surface area contributed by atoms with Gasteiger partial charge in [0.05, 0.1) is 13.2 Å². The molecule has 2 aliphatic heterocycles. The molecule has 7 heteroatoms. The van der Waals surface area contributed by atoms with Gasteiger partial charge in [-0.1, -0.05) is 18.2 Å². The Balaban J connectivity index is 1.49. The SMILES string of the molecule is COc1ccc([C@H]2[C@@H]3CN(C(=O)CCc4ccccn4)C[C@@H]3CN2C(=O)N(C)C)cc1. The number of nitrogens with zero attached hydrogens (tertiary/aromatic N) is 4. The van der Waals surface area contributed by atoms with Crippen molar-refractivity contribution in [2.24, 2.45) is 11.8 Å². The molecule has 4 rings (SSSR count). The highest BCUT2D eigenvalue weighted by Gasteiger charge is 2.50. The van der Waals surface area contributed by atoms with Crippen LogP contribution in [0.4, 0.5) is 4.79 Å². The Kier molecular flexibility index (Phi) is 6.11. The summed E-state index contributed by atoms with van der Waals surface area (Å²) in [6, 6.07) is 13.7. The van der Waals surface area contributed by atoms with E-state index in [1.165, 1.54) is 0 Å². The molecule has 2 aromatic rings. The number of amides is 3. The molecule has 1 aromatic heterocycles. The predicted molar refractivity (Wildman–Crippen MR) is 118 cm³/mol. The molecule has 7 nitrogen and oxygen atoms in total. The normalized spacial score (nSPS) is 22.4. The number of urea groups is 1. The highest BCUT2D eigenvalue weighted by atomic mass is 16.5. The molecule has 0 saturated carbocycles. The van der Waals surface area contributed by atoms with E-state index in [0.29, 0.717) is 32.5 Å². The molecular formula is C24H30N4O3. The number of carbonyl (C=O) groups is 2. The largest absolute Gasteiger partial charge is 0.497 e. The highest BCUT2D eigenvalue weighted by molar-refractivity contribution is 5.77. The quantitative estimate of drug-likeness (QED) is 0.743. The van der Waals surface area contributed by atoms with Gasteiger partial charge >= 0.3 is 6.03 Å². The second-order valence-electron chi connectivity index (χ2n) is 8.59. The van der Waals surface area contributed by atoms with Crippen molar-refractivity contribution in [3.63, 3.8) is 0 Å². The Bertz CT molecular complexity index is 916. The van der Waals surface area contributed by atoms with Gasteiger partial charge in [0, 0.05) is 63.9 Å². The van der Waals surface area contributed by atoms with Crippen molar-refractivity contribution in [3.8, 4) is 5.75 Å². The van der Waals surface area contributed by atoms with Crippen LogP contribution in [0.1, 0.15) is 23.7 Å². The molecule has 0 N–H and O–H groups in total. The lowest BCUT2D eigenvalue weighted by atomic mass is 9.89. The first-order valence-electron chi connectivity index (χ1n) is 10.8. The minimum absolute atomic E-state index is 0.0169. The third-order valence-corrected chi connectivity index (χ3v) is 6.42. The Labute approximate surface area is 183 Å². The molecule has 3 heterocycles. The number of benzene rings is 1. The predicted octanol–water partition coefficient (Wildman–Crippen LogP) is 2.84. The first-order valence-corrected chi connectivity index (χ1v) is 10.8. The van der Waals surface area contributed by atoms with Crippen LogP contribution in [0.5, 0.6) is 5.75 Å². The van der Waals surface area contributed by atoms with Gasteiger partial charge in [0.25, 0.3) is 0 Å². The van der Waals surface area contributed by atoms with Gasteiger partial charge in [0.2, 0.25) is 5.91 Å². The van der Waals surface area contributed by atoms with Gasteiger partial charge in [-0.25, -0.2) is 4.79 Å². The standard InChI is InChI=1S/C24H30N4O3/c1-26(2)24(30)28-15-18-14-27(22(29)12-9-19-6-4-5-13-25-19)16-21(18)23(28)17-7-10-20(31-3)11-8-17/h4-8,10-11,13,18,21,23H,9,12,14-16H2,1-3H3/t18-,21-,23+/m1/s1. The third-order valence-electron chi connectivity index (χ3n) is 6.42. The topological polar surface area (TPSA) is 66.0 Å². The van der Waals surface area contributed by atoms with Gasteiger partial charge in [0.15, 0.2) is 0 Å². The number of aromatic nitrogens is 1. The second kappa shape index (κ2) is 8.96. The van der Waals surface area contributed by atoms with Crippen LogP contribution in [0, 0.1) is 11.8 Å². The number of likely N-dealkylation sites (tertiary alicyclic amines) is 2. The van der Waals surface area contributed by atoms with E-state index in [1.54, 1.807) is 32.3 Å². The van der Waals surface area contributed by atoms with E-state index in [1.807, 2.05) is 52.3 Å². The first kappa shape index (κ1) is 21.2. The van der Waals surface area contributed by atoms with Gasteiger partial charge < -0.3 is 19.4 Å². The molecule has 0 spiro atoms. The molecule has 2 aliphatic rings. The minimum Gasteiger partial charge on any atom is -0.497 e. The molecule has 164 valence electrons. The molecule has 0 unspecified atom stereocenters. The summed E-state index contributed by atoms with van der Waals surface area (Å²) < 4.78 is 5.30. The van der Waals surface area contributed by atoms with Crippen LogP contribution in [0.3, 0.4) is 0 Å². The minimum atomic E-state index is -0.0422. The molecule has 0 radical (unpaired) electrons. The summed E-state index contributed by atoms with van der Waals surface area (Å²) in [6.07, 6.45) is 2.87. The summed E-state index contributed by atoms with van der Waals surface area (Å²) in [5.41, 5.74) is 2.03. The monoisotopic (exact) mass is 422 g/mol. The van der Waals surface area contributed by atoms with Crippen LogP contribution in [-0.2, 0) is 11.2 Å². The van der Waals surface area contributed by atoms with E-state index < -0.39 is 0 Å². The average Bonchev–Trinajstić information content (AvgIpc) is 3.36. The second-order valence-corrected chi connectivity index (χ2v) is 8.59. The number of fused-ring (bicyclic) bond motifs is 1. The van der Waals surface area contributed by atoms with E-state index in [0.717, 1.165) is 17.0 Å². The van der Waals surface area contributed by atoms with E-state index in [2.05, 4.69) is 4.98 Å². The average molecular weight is 423 g/mol. The summed E-state index contributed by atoms with van der Waals surface area (Å²) in [5, 5.41) is 0. The molecule has 0 aliphatic carbocycles. The van der Waals surface area contributed by atoms with E-state index in [9.17, 15) is 9.59 Å². The summed E-state index contributed by atoms with van der Waals surface area (Å²) in [4.78, 5) is 35.7. The fourth-order valence-corrected chi connectivity index (χ4v) is 4.87. The fraction of sp³-hybridized carbons (Fsp3) is 0.458. The summed E-state index contributed by atoms with van der Waals surface area (Å²) in [6.45, 7) is 2.05. The van der Waals surface area contributed by atoms with Crippen molar-refractivity contribution >= 4 is 11.9 Å². The number of pyridine rings is 1. The third kappa shape index (κ3) is 4.36. The van der Waals surface area contributed by atoms with E-state index in [-0.39, 0.29) is 29.8 Å². The van der Waals surface area contributed by atoms with Crippen LogP contribution in [0.15, 0.2) is 48.7 Å². The summed E-state index contributed by atoms with van der Waals surface area (Å²) >= 11 is 0. The molecule has 2 fully saturated rings. The fourth-order valence-electron chi connectivity index (χ4n) is 4.87. The van der Waals surface area contributed by atoms with Crippen molar-refractivity contribution in [1.29, 1.82) is 0 Å². The van der Waals surface area contributed by atoms with Gasteiger partial charge in [0.1, 0.15) is 5.75 Å². The van der Waals surface area contributed by atoms with Gasteiger partial charge in [-0.2, -0.15) is 0 Å². The molecule has 31 heavy (non-hydrogen) atoms. The smallest absolute Gasteiger partial charge is 0.320 e. The van der Waals surface area contributed by atoms with Crippen molar-refractivity contribution < 1.29 is 14.3 Å². The van der Waals surface area contributed by atoms with Crippen molar-refractivity contribution in [3.05, 3.63) is 59.9 Å². The Morgan fingerprint density at radius 1 is 1.10 bits per heavy atom. The Hall–Kier alpha value is -3.09. The zero-order chi connectivity index (χ0) is 22.0. The zero-order valence-corrected chi connectivity index (χ0v) is 18.4. The lowest BCUT2D eigenvalue weighted by Gasteiger charge is -2.32. The molecule has 0 bridgehead atoms. The number of aryl methyl sites for hydroxylation is 1. The number of ether oxygens (including phenoxy) is 1. The summed E-state index contributed by atoms with van der Waals surface area (Å²) in [5.74, 6) is 1.48. The maximum atomic E-state index is 12.9. The van der Waals surface area contributed by atoms with Crippen LogP contribution in [0.2, 0.25) is 0 Å². The molecule has 1 aromatic carbocycles. The van der Waals surface area contributed by atoms with Crippen molar-refractivity contribution in [1.82, 2.24) is 19.7 Å². The van der Waals surface area contributed by atoms with Crippen LogP contribution < -0.4 is 4.74 Å². The number of carbonyl (C=O) groups excluding carboxylic acids is 2. The summed E-state index contributed by atoms with van der Waals surface area (Å²) in [7, 11) is 5.22. The van der Waals surface area contributed by atoms with Crippen molar-refractivity contribution in [2.45, 2.75) is 18.9 Å². The van der Waals surface area contributed by atoms with Crippen LogP contribution >= 0.6 is 0 Å². The number of methoxy groups -OCH3 is 1. The zero-order valence-electron chi connectivity index (χ0n) is 18.4.